The first-order chi connectivity index (χ1) is 17.9. The zero-order chi connectivity index (χ0) is 26.1. The number of halogens is 1. The summed E-state index contributed by atoms with van der Waals surface area (Å²) in [7, 11) is 0. The Hall–Kier alpha value is -4.50. The highest BCUT2D eigenvalue weighted by molar-refractivity contribution is 6.31. The predicted octanol–water partition coefficient (Wildman–Crippen LogP) is 6.43. The molecule has 2 heterocycles. The van der Waals surface area contributed by atoms with E-state index >= 15 is 0 Å². The van der Waals surface area contributed by atoms with Gasteiger partial charge in [-0.25, -0.2) is 4.98 Å². The summed E-state index contributed by atoms with van der Waals surface area (Å²) in [6.07, 6.45) is 1.63. The molecule has 10 heteroatoms. The molecule has 0 spiro atoms. The number of nitro groups is 1. The second kappa shape index (κ2) is 9.87. The number of nitrogens with zero attached hydrogens (tertiary/aromatic N) is 4. The second-order valence-electron chi connectivity index (χ2n) is 8.40. The van der Waals surface area contributed by atoms with E-state index in [4.69, 9.17) is 20.8 Å². The van der Waals surface area contributed by atoms with Gasteiger partial charge in [0.2, 0.25) is 11.6 Å². The zero-order valence-corrected chi connectivity index (χ0v) is 20.7. The number of hydrogen-bond donors (Lipinski definition) is 0. The van der Waals surface area contributed by atoms with Crippen molar-refractivity contribution in [2.45, 2.75) is 26.4 Å². The lowest BCUT2D eigenvalue weighted by atomic mass is 10.1. The summed E-state index contributed by atoms with van der Waals surface area (Å²) in [4.78, 5) is 29.3. The average Bonchev–Trinajstić information content (AvgIpc) is 3.33. The minimum Gasteiger partial charge on any atom is -0.483 e. The number of furan rings is 1. The van der Waals surface area contributed by atoms with Crippen molar-refractivity contribution >= 4 is 45.4 Å². The molecule has 0 bridgehead atoms. The van der Waals surface area contributed by atoms with Crippen LogP contribution in [0.25, 0.3) is 33.5 Å². The van der Waals surface area contributed by atoms with Crippen molar-refractivity contribution in [2.75, 3.05) is 0 Å². The third-order valence-electron chi connectivity index (χ3n) is 5.87. The van der Waals surface area contributed by atoms with Crippen molar-refractivity contribution in [1.29, 1.82) is 0 Å². The Morgan fingerprint density at radius 1 is 1.19 bits per heavy atom. The highest BCUT2D eigenvalue weighted by Crippen LogP contribution is 2.35. The Balaban J connectivity index is 1.72. The molecule has 0 aliphatic rings. The van der Waals surface area contributed by atoms with Gasteiger partial charge in [0.25, 0.3) is 5.56 Å². The van der Waals surface area contributed by atoms with Crippen molar-refractivity contribution in [3.8, 4) is 17.3 Å². The fraction of sp³-hybridized carbons (Fsp3) is 0.148. The van der Waals surface area contributed by atoms with Crippen LogP contribution < -0.4 is 10.3 Å². The van der Waals surface area contributed by atoms with Gasteiger partial charge in [-0.2, -0.15) is 9.78 Å². The summed E-state index contributed by atoms with van der Waals surface area (Å²) >= 11 is 6.18. The third-order valence-corrected chi connectivity index (χ3v) is 6.08. The lowest BCUT2D eigenvalue weighted by Gasteiger charge is -2.15. The van der Waals surface area contributed by atoms with Crippen molar-refractivity contribution in [3.63, 3.8) is 0 Å². The van der Waals surface area contributed by atoms with Gasteiger partial charge in [-0.1, -0.05) is 48.9 Å². The first kappa shape index (κ1) is 24.2. The van der Waals surface area contributed by atoms with Gasteiger partial charge in [0.15, 0.2) is 5.76 Å². The Bertz CT molecular complexity index is 1710. The van der Waals surface area contributed by atoms with E-state index in [1.54, 1.807) is 37.3 Å². The zero-order valence-electron chi connectivity index (χ0n) is 19.9. The average molecular weight is 517 g/mol. The van der Waals surface area contributed by atoms with Crippen LogP contribution >= 0.6 is 11.6 Å². The number of para-hydroxylation sites is 2. The van der Waals surface area contributed by atoms with Crippen LogP contribution in [0.2, 0.25) is 5.02 Å². The predicted molar refractivity (Wildman–Crippen MR) is 143 cm³/mol. The number of aromatic nitrogens is 2. The van der Waals surface area contributed by atoms with Gasteiger partial charge in [-0.15, -0.1) is 0 Å². The monoisotopic (exact) mass is 516 g/mol. The highest BCUT2D eigenvalue weighted by atomic mass is 35.5. The standard InChI is InChI=1S/C27H21ClN4O5/c1-3-16(2)36-25-18(12-19(28)14-22(25)32(34)35)15-29-31-26(24-13-17-8-4-7-11-23(17)37-24)30-21-10-6-5-9-20(21)27(31)33/h4-16H,3H2,1-2H3/t16-/m0/s1. The van der Waals surface area contributed by atoms with Crippen LogP contribution in [0.1, 0.15) is 25.8 Å². The topological polar surface area (TPSA) is 113 Å². The van der Waals surface area contributed by atoms with Crippen LogP contribution in [-0.4, -0.2) is 26.9 Å². The van der Waals surface area contributed by atoms with Crippen LogP contribution in [0.3, 0.4) is 0 Å². The van der Waals surface area contributed by atoms with Gasteiger partial charge in [-0.3, -0.25) is 14.9 Å². The second-order valence-corrected chi connectivity index (χ2v) is 8.84. The van der Waals surface area contributed by atoms with Crippen LogP contribution in [-0.2, 0) is 0 Å². The molecular formula is C27H21ClN4O5. The van der Waals surface area contributed by atoms with E-state index in [1.165, 1.54) is 18.3 Å². The lowest BCUT2D eigenvalue weighted by Crippen LogP contribution is -2.20. The molecule has 0 saturated heterocycles. The van der Waals surface area contributed by atoms with Gasteiger partial charge in [0.1, 0.15) is 5.58 Å². The summed E-state index contributed by atoms with van der Waals surface area (Å²) in [5, 5.41) is 17.5. The molecular weight excluding hydrogens is 496 g/mol. The molecule has 0 amide bonds. The van der Waals surface area contributed by atoms with Crippen LogP contribution in [0.5, 0.6) is 5.75 Å². The Morgan fingerprint density at radius 2 is 1.95 bits per heavy atom. The van der Waals surface area contributed by atoms with E-state index in [-0.39, 0.29) is 34.0 Å². The maximum absolute atomic E-state index is 13.5. The SMILES string of the molecule is CC[C@H](C)Oc1c(C=Nn2c(-c3cc4ccccc4o3)nc3ccccc3c2=O)cc(Cl)cc1[N+](=O)[O-]. The van der Waals surface area contributed by atoms with Crippen LogP contribution in [0.15, 0.2) is 81.0 Å². The minimum absolute atomic E-state index is 0.0135. The van der Waals surface area contributed by atoms with E-state index < -0.39 is 10.5 Å². The maximum Gasteiger partial charge on any atom is 0.313 e. The molecule has 2 aromatic heterocycles. The fourth-order valence-corrected chi connectivity index (χ4v) is 4.07. The number of rotatable bonds is 7. The highest BCUT2D eigenvalue weighted by Gasteiger charge is 2.23. The lowest BCUT2D eigenvalue weighted by molar-refractivity contribution is -0.386. The number of benzene rings is 3. The van der Waals surface area contributed by atoms with E-state index in [0.29, 0.717) is 28.7 Å². The van der Waals surface area contributed by atoms with Crippen molar-refractivity contribution in [3.05, 3.63) is 97.8 Å². The first-order valence-corrected chi connectivity index (χ1v) is 11.9. The summed E-state index contributed by atoms with van der Waals surface area (Å²) in [6.45, 7) is 3.71. The van der Waals surface area contributed by atoms with Crippen LogP contribution in [0, 0.1) is 10.1 Å². The Labute approximate surface area is 215 Å². The summed E-state index contributed by atoms with van der Waals surface area (Å²) < 4.78 is 13.0. The Kier molecular flexibility index (Phi) is 6.45. The molecule has 1 atom stereocenters. The van der Waals surface area contributed by atoms with Gasteiger partial charge in [-0.05, 0) is 43.7 Å². The normalized spacial score (nSPS) is 12.4. The van der Waals surface area contributed by atoms with Gasteiger partial charge in [0, 0.05) is 22.0 Å². The summed E-state index contributed by atoms with van der Waals surface area (Å²) in [6, 6.07) is 18.8. The molecule has 0 unspecified atom stereocenters. The van der Waals surface area contributed by atoms with Crippen molar-refractivity contribution in [1.82, 2.24) is 9.66 Å². The third kappa shape index (κ3) is 4.68. The minimum atomic E-state index is -0.565. The fourth-order valence-electron chi connectivity index (χ4n) is 3.85. The summed E-state index contributed by atoms with van der Waals surface area (Å²) in [5.41, 5.74) is 0.628. The first-order valence-electron chi connectivity index (χ1n) is 11.6. The van der Waals surface area contributed by atoms with E-state index in [2.05, 4.69) is 10.1 Å². The largest absolute Gasteiger partial charge is 0.483 e. The molecule has 0 N–H and O–H groups in total. The van der Waals surface area contributed by atoms with Gasteiger partial charge < -0.3 is 9.15 Å². The quantitative estimate of drug-likeness (QED) is 0.140. The molecule has 3 aromatic carbocycles. The number of nitro benzene ring substituents is 1. The smallest absolute Gasteiger partial charge is 0.313 e. The molecule has 0 saturated carbocycles. The molecule has 186 valence electrons. The van der Waals surface area contributed by atoms with Crippen molar-refractivity contribution < 1.29 is 14.1 Å². The number of hydrogen-bond acceptors (Lipinski definition) is 7. The van der Waals surface area contributed by atoms with E-state index in [1.807, 2.05) is 31.2 Å². The van der Waals surface area contributed by atoms with Crippen molar-refractivity contribution in [2.24, 2.45) is 5.10 Å². The van der Waals surface area contributed by atoms with E-state index in [0.717, 1.165) is 10.1 Å². The number of fused-ring (bicyclic) bond motifs is 2. The molecule has 0 aliphatic carbocycles. The Morgan fingerprint density at radius 3 is 2.70 bits per heavy atom. The number of ether oxygens (including phenoxy) is 1. The van der Waals surface area contributed by atoms with Gasteiger partial charge in [0.05, 0.1) is 28.1 Å². The molecule has 0 radical (unpaired) electrons. The maximum atomic E-state index is 13.5. The van der Waals surface area contributed by atoms with Crippen LogP contribution in [0.4, 0.5) is 5.69 Å². The molecule has 5 aromatic rings. The van der Waals surface area contributed by atoms with E-state index in [9.17, 15) is 14.9 Å². The molecule has 37 heavy (non-hydrogen) atoms. The molecule has 0 fully saturated rings. The molecule has 0 aliphatic heterocycles. The summed E-state index contributed by atoms with van der Waals surface area (Å²) in [5.74, 6) is 0.533. The van der Waals surface area contributed by atoms with Gasteiger partial charge >= 0.3 is 5.69 Å². The molecule has 5 rings (SSSR count). The molecule has 9 nitrogen and oxygen atoms in total.